The number of halogens is 2. The molecule has 2 rings (SSSR count). The van der Waals surface area contributed by atoms with Gasteiger partial charge in [0, 0.05) is 35.7 Å². The number of likely N-dealkylation sites (N-methyl/N-ethyl adjacent to an activating group) is 1. The second-order valence-corrected chi connectivity index (χ2v) is 5.98. The van der Waals surface area contributed by atoms with Crippen LogP contribution >= 0.6 is 27.5 Å². The van der Waals surface area contributed by atoms with Gasteiger partial charge in [0.1, 0.15) is 0 Å². The highest BCUT2D eigenvalue weighted by molar-refractivity contribution is 9.10. The summed E-state index contributed by atoms with van der Waals surface area (Å²) in [6, 6.07) is 7.10. The molecule has 0 saturated carbocycles. The van der Waals surface area contributed by atoms with Crippen LogP contribution in [0.4, 0.5) is 5.69 Å². The maximum atomic E-state index is 12.1. The molecule has 0 saturated heterocycles. The average molecular weight is 372 g/mol. The predicted molar refractivity (Wildman–Crippen MR) is 89.1 cm³/mol. The van der Waals surface area contributed by atoms with Gasteiger partial charge in [-0.25, -0.2) is 4.68 Å². The zero-order valence-electron chi connectivity index (χ0n) is 11.6. The van der Waals surface area contributed by atoms with Gasteiger partial charge in [-0.2, -0.15) is 5.10 Å². The van der Waals surface area contributed by atoms with Crippen LogP contribution in [0, 0.1) is 0 Å². The molecule has 0 aliphatic rings. The van der Waals surface area contributed by atoms with Gasteiger partial charge in [0.05, 0.1) is 18.4 Å². The Morgan fingerprint density at radius 3 is 2.81 bits per heavy atom. The second kappa shape index (κ2) is 7.06. The summed E-state index contributed by atoms with van der Waals surface area (Å²) in [4.78, 5) is 14.0. The average Bonchev–Trinajstić information content (AvgIpc) is 2.44. The molecule has 0 atom stereocenters. The molecule has 0 bridgehead atoms. The summed E-state index contributed by atoms with van der Waals surface area (Å²) >= 11 is 9.51. The van der Waals surface area contributed by atoms with Gasteiger partial charge in [0.2, 0.25) is 0 Å². The van der Waals surface area contributed by atoms with Gasteiger partial charge >= 0.3 is 0 Å². The Kier molecular flexibility index (Phi) is 5.39. The topological polar surface area (TPSA) is 64.2 Å². The van der Waals surface area contributed by atoms with E-state index < -0.39 is 0 Å². The summed E-state index contributed by atoms with van der Waals surface area (Å²) in [6.45, 7) is 1.53. The summed E-state index contributed by atoms with van der Waals surface area (Å²) in [6.07, 6.45) is 1.66. The molecule has 5 nitrogen and oxygen atoms in total. The molecule has 112 valence electrons. The van der Waals surface area contributed by atoms with Crippen molar-refractivity contribution in [3.63, 3.8) is 0 Å². The van der Waals surface area contributed by atoms with E-state index in [-0.39, 0.29) is 5.56 Å². The first-order valence-electron chi connectivity index (χ1n) is 6.43. The van der Waals surface area contributed by atoms with Crippen LogP contribution in [-0.4, -0.2) is 29.9 Å². The number of aromatic nitrogens is 2. The molecule has 2 aromatic rings. The fraction of sp³-hybridized carbons (Fsp3) is 0.286. The van der Waals surface area contributed by atoms with Crippen molar-refractivity contribution in [2.24, 2.45) is 5.73 Å². The smallest absolute Gasteiger partial charge is 0.269 e. The van der Waals surface area contributed by atoms with E-state index in [9.17, 15) is 4.79 Å². The predicted octanol–water partition coefficient (Wildman–Crippen LogP) is 2.10. The molecule has 7 heteroatoms. The van der Waals surface area contributed by atoms with E-state index in [0.717, 1.165) is 15.7 Å². The van der Waals surface area contributed by atoms with Crippen LogP contribution in [0.1, 0.15) is 5.56 Å². The minimum absolute atomic E-state index is 0.171. The molecule has 1 aromatic heterocycles. The van der Waals surface area contributed by atoms with Gasteiger partial charge in [-0.15, -0.1) is 0 Å². The van der Waals surface area contributed by atoms with Crippen LogP contribution in [0.15, 0.2) is 39.7 Å². The number of hydrogen-bond acceptors (Lipinski definition) is 4. The van der Waals surface area contributed by atoms with Gasteiger partial charge in [0.15, 0.2) is 0 Å². The maximum Gasteiger partial charge on any atom is 0.269 e. The normalized spacial score (nSPS) is 10.7. The van der Waals surface area contributed by atoms with Crippen molar-refractivity contribution in [3.8, 4) is 0 Å². The first kappa shape index (κ1) is 16.0. The number of rotatable bonds is 5. The van der Waals surface area contributed by atoms with E-state index in [0.29, 0.717) is 24.7 Å². The van der Waals surface area contributed by atoms with E-state index in [1.165, 1.54) is 4.68 Å². The van der Waals surface area contributed by atoms with Crippen molar-refractivity contribution >= 4 is 33.2 Å². The summed E-state index contributed by atoms with van der Waals surface area (Å²) in [5.41, 5.74) is 6.93. The molecular formula is C14H16BrClN4O. The lowest BCUT2D eigenvalue weighted by Crippen LogP contribution is -2.29. The van der Waals surface area contributed by atoms with E-state index in [2.05, 4.69) is 21.0 Å². The molecular weight excluding hydrogens is 356 g/mol. The Balaban J connectivity index is 2.23. The Labute approximate surface area is 136 Å². The molecule has 0 aliphatic heterocycles. The van der Waals surface area contributed by atoms with Crippen LogP contribution in [0.25, 0.3) is 0 Å². The van der Waals surface area contributed by atoms with Crippen molar-refractivity contribution in [1.82, 2.24) is 9.78 Å². The van der Waals surface area contributed by atoms with Crippen molar-refractivity contribution in [3.05, 3.63) is 55.9 Å². The lowest BCUT2D eigenvalue weighted by Gasteiger charge is -2.17. The number of nitrogens with two attached hydrogens (primary N) is 1. The fourth-order valence-electron chi connectivity index (χ4n) is 1.89. The van der Waals surface area contributed by atoms with Crippen LogP contribution in [-0.2, 0) is 6.54 Å². The number of nitrogens with zero attached hydrogens (tertiary/aromatic N) is 3. The number of anilines is 1. The largest absolute Gasteiger partial charge is 0.372 e. The lowest BCUT2D eigenvalue weighted by molar-refractivity contribution is 0.637. The molecule has 2 N–H and O–H groups in total. The standard InChI is InChI=1S/C14H16BrClN4O/c1-19(5-4-17)12-7-14(21)20(18-8-12)9-10-2-3-11(15)6-13(10)16/h2-3,6-8H,4-5,9,17H2,1H3. The molecule has 0 spiro atoms. The fourth-order valence-corrected chi connectivity index (χ4v) is 2.62. The molecule has 0 aliphatic carbocycles. The molecule has 1 heterocycles. The summed E-state index contributed by atoms with van der Waals surface area (Å²) in [5, 5.41) is 4.79. The van der Waals surface area contributed by atoms with E-state index in [4.69, 9.17) is 17.3 Å². The Morgan fingerprint density at radius 1 is 1.43 bits per heavy atom. The molecule has 0 fully saturated rings. The van der Waals surface area contributed by atoms with Gasteiger partial charge in [0.25, 0.3) is 5.56 Å². The quantitative estimate of drug-likeness (QED) is 0.874. The molecule has 1 aromatic carbocycles. The Morgan fingerprint density at radius 2 is 2.19 bits per heavy atom. The first-order valence-corrected chi connectivity index (χ1v) is 7.60. The zero-order valence-corrected chi connectivity index (χ0v) is 13.9. The zero-order chi connectivity index (χ0) is 15.4. The summed E-state index contributed by atoms with van der Waals surface area (Å²) in [7, 11) is 1.87. The van der Waals surface area contributed by atoms with E-state index in [1.807, 2.05) is 24.1 Å². The van der Waals surface area contributed by atoms with Crippen molar-refractivity contribution in [2.75, 3.05) is 25.0 Å². The van der Waals surface area contributed by atoms with Gasteiger partial charge < -0.3 is 10.6 Å². The third-order valence-corrected chi connectivity index (χ3v) is 3.94. The molecule has 0 radical (unpaired) electrons. The van der Waals surface area contributed by atoms with Crippen LogP contribution < -0.4 is 16.2 Å². The van der Waals surface area contributed by atoms with Gasteiger partial charge in [-0.05, 0) is 17.7 Å². The summed E-state index contributed by atoms with van der Waals surface area (Å²) in [5.74, 6) is 0. The monoisotopic (exact) mass is 370 g/mol. The minimum atomic E-state index is -0.171. The number of benzene rings is 1. The van der Waals surface area contributed by atoms with Crippen LogP contribution in [0.3, 0.4) is 0 Å². The Hall–Kier alpha value is -1.37. The van der Waals surface area contributed by atoms with Crippen LogP contribution in [0.5, 0.6) is 0 Å². The van der Waals surface area contributed by atoms with Gasteiger partial charge in [-0.3, -0.25) is 4.79 Å². The van der Waals surface area contributed by atoms with Crippen molar-refractivity contribution in [2.45, 2.75) is 6.54 Å². The van der Waals surface area contributed by atoms with Crippen molar-refractivity contribution in [1.29, 1.82) is 0 Å². The first-order chi connectivity index (χ1) is 10.0. The second-order valence-electron chi connectivity index (χ2n) is 4.66. The Bertz CT molecular complexity index is 689. The highest BCUT2D eigenvalue weighted by Crippen LogP contribution is 2.21. The lowest BCUT2D eigenvalue weighted by atomic mass is 10.2. The van der Waals surface area contributed by atoms with Gasteiger partial charge in [-0.1, -0.05) is 33.6 Å². The SMILES string of the molecule is CN(CCN)c1cnn(Cc2ccc(Br)cc2Cl)c(=O)c1. The van der Waals surface area contributed by atoms with Crippen molar-refractivity contribution < 1.29 is 0 Å². The number of hydrogen-bond donors (Lipinski definition) is 1. The minimum Gasteiger partial charge on any atom is -0.372 e. The highest BCUT2D eigenvalue weighted by Gasteiger charge is 2.07. The van der Waals surface area contributed by atoms with Crippen LogP contribution in [0.2, 0.25) is 5.02 Å². The van der Waals surface area contributed by atoms with E-state index in [1.54, 1.807) is 18.3 Å². The highest BCUT2D eigenvalue weighted by atomic mass is 79.9. The molecule has 0 unspecified atom stereocenters. The molecule has 0 amide bonds. The summed E-state index contributed by atoms with van der Waals surface area (Å²) < 4.78 is 2.28. The third-order valence-electron chi connectivity index (χ3n) is 3.10. The third kappa shape index (κ3) is 4.06. The van der Waals surface area contributed by atoms with E-state index >= 15 is 0 Å². The molecule has 21 heavy (non-hydrogen) atoms. The maximum absolute atomic E-state index is 12.1.